The highest BCUT2D eigenvalue weighted by molar-refractivity contribution is 7.19. The number of nitrogens with zero attached hydrogens (tertiary/aromatic N) is 4. The number of carbonyl (C=O) groups excluding carboxylic acids is 1. The predicted molar refractivity (Wildman–Crippen MR) is 112 cm³/mol. The minimum absolute atomic E-state index is 0.0225. The third kappa shape index (κ3) is 2.89. The third-order valence-corrected chi connectivity index (χ3v) is 6.61. The van der Waals surface area contributed by atoms with Gasteiger partial charge in [0.05, 0.1) is 24.4 Å². The van der Waals surface area contributed by atoms with Crippen LogP contribution in [0.25, 0.3) is 15.7 Å². The summed E-state index contributed by atoms with van der Waals surface area (Å²) in [5, 5.41) is 11.5. The number of aryl methyl sites for hydroxylation is 1. The van der Waals surface area contributed by atoms with Crippen LogP contribution in [0.5, 0.6) is 5.75 Å². The van der Waals surface area contributed by atoms with Gasteiger partial charge in [-0.1, -0.05) is 0 Å². The van der Waals surface area contributed by atoms with Gasteiger partial charge >= 0.3 is 0 Å². The molecule has 9 heteroatoms. The average Bonchev–Trinajstić information content (AvgIpc) is 3.37. The van der Waals surface area contributed by atoms with Gasteiger partial charge in [-0.05, 0) is 37.0 Å². The maximum atomic E-state index is 12.1. The Morgan fingerprint density at radius 3 is 3.07 bits per heavy atom. The van der Waals surface area contributed by atoms with Crippen LogP contribution in [0.15, 0.2) is 30.9 Å². The van der Waals surface area contributed by atoms with Gasteiger partial charge in [-0.15, -0.1) is 11.3 Å². The lowest BCUT2D eigenvalue weighted by Gasteiger charge is -2.21. The molecule has 1 atom stereocenters. The average molecular weight is 408 g/mol. The van der Waals surface area contributed by atoms with Gasteiger partial charge in [-0.25, -0.2) is 14.5 Å². The molecule has 2 N–H and O–H groups in total. The Morgan fingerprint density at radius 2 is 2.24 bits per heavy atom. The van der Waals surface area contributed by atoms with Crippen LogP contribution < -0.4 is 15.4 Å². The fourth-order valence-corrected chi connectivity index (χ4v) is 5.31. The maximum absolute atomic E-state index is 12.1. The molecule has 1 aliphatic carbocycles. The number of pyridine rings is 1. The zero-order valence-corrected chi connectivity index (χ0v) is 16.9. The molecule has 0 saturated carbocycles. The molecule has 5 rings (SSSR count). The number of anilines is 2. The van der Waals surface area contributed by atoms with Crippen molar-refractivity contribution >= 4 is 44.5 Å². The van der Waals surface area contributed by atoms with Crippen molar-refractivity contribution in [3.8, 4) is 5.75 Å². The highest BCUT2D eigenvalue weighted by Gasteiger charge is 2.28. The minimum Gasteiger partial charge on any atom is -0.492 e. The first-order valence-electron chi connectivity index (χ1n) is 9.43. The lowest BCUT2D eigenvalue weighted by Crippen LogP contribution is -2.31. The van der Waals surface area contributed by atoms with Crippen LogP contribution in [0.2, 0.25) is 0 Å². The zero-order valence-electron chi connectivity index (χ0n) is 16.1. The van der Waals surface area contributed by atoms with Gasteiger partial charge in [-0.2, -0.15) is 5.10 Å². The number of nitrogens with one attached hydrogen (secondary N) is 2. The Balaban J connectivity index is 1.57. The summed E-state index contributed by atoms with van der Waals surface area (Å²) < 4.78 is 7.41. The highest BCUT2D eigenvalue weighted by atomic mass is 32.1. The Bertz CT molecular complexity index is 1230. The molecule has 4 aromatic heterocycles. The number of ether oxygens (including phenoxy) is 1. The summed E-state index contributed by atoms with van der Waals surface area (Å²) in [6.07, 6.45) is 7.62. The number of rotatable bonds is 4. The van der Waals surface area contributed by atoms with E-state index in [-0.39, 0.29) is 11.8 Å². The van der Waals surface area contributed by atoms with E-state index >= 15 is 0 Å². The summed E-state index contributed by atoms with van der Waals surface area (Å²) in [4.78, 5) is 23.3. The topological polar surface area (TPSA) is 93.4 Å². The monoisotopic (exact) mass is 408 g/mol. The van der Waals surface area contributed by atoms with E-state index in [1.165, 1.54) is 10.4 Å². The van der Waals surface area contributed by atoms with Gasteiger partial charge < -0.3 is 15.4 Å². The van der Waals surface area contributed by atoms with Gasteiger partial charge in [0.1, 0.15) is 22.5 Å². The largest absolute Gasteiger partial charge is 0.492 e. The fraction of sp³-hybridized carbons (Fsp3) is 0.300. The van der Waals surface area contributed by atoms with E-state index in [0.717, 1.165) is 46.5 Å². The second-order valence-electron chi connectivity index (χ2n) is 7.01. The molecule has 8 nitrogen and oxygen atoms in total. The first kappa shape index (κ1) is 17.9. The van der Waals surface area contributed by atoms with Crippen molar-refractivity contribution in [2.45, 2.75) is 19.3 Å². The van der Waals surface area contributed by atoms with Crippen LogP contribution in [0.1, 0.15) is 16.9 Å². The molecule has 0 fully saturated rings. The van der Waals surface area contributed by atoms with Crippen LogP contribution in [-0.4, -0.2) is 39.6 Å². The van der Waals surface area contributed by atoms with Crippen molar-refractivity contribution in [1.29, 1.82) is 0 Å². The van der Waals surface area contributed by atoms with E-state index in [0.29, 0.717) is 5.75 Å². The van der Waals surface area contributed by atoms with Crippen LogP contribution in [0.4, 0.5) is 11.5 Å². The lowest BCUT2D eigenvalue weighted by atomic mass is 9.87. The fourth-order valence-electron chi connectivity index (χ4n) is 4.05. The molecule has 4 heterocycles. The highest BCUT2D eigenvalue weighted by Crippen LogP contribution is 2.41. The Labute approximate surface area is 170 Å². The zero-order chi connectivity index (χ0) is 20.0. The van der Waals surface area contributed by atoms with E-state index in [1.807, 2.05) is 18.3 Å². The first-order valence-corrected chi connectivity index (χ1v) is 10.3. The summed E-state index contributed by atoms with van der Waals surface area (Å²) in [5.41, 5.74) is 2.95. The van der Waals surface area contributed by atoms with Crippen molar-refractivity contribution < 1.29 is 9.53 Å². The molecule has 0 aromatic carbocycles. The number of amides is 1. The smallest absolute Gasteiger partial charge is 0.223 e. The summed E-state index contributed by atoms with van der Waals surface area (Å²) in [6.45, 7) is 0. The summed E-state index contributed by atoms with van der Waals surface area (Å²) in [7, 11) is 3.34. The van der Waals surface area contributed by atoms with E-state index in [4.69, 9.17) is 4.74 Å². The molecule has 0 aliphatic heterocycles. The van der Waals surface area contributed by atoms with Gasteiger partial charge in [0.2, 0.25) is 5.91 Å². The number of carbonyl (C=O) groups is 1. The summed E-state index contributed by atoms with van der Waals surface area (Å²) >= 11 is 1.65. The Morgan fingerprint density at radius 1 is 1.34 bits per heavy atom. The second-order valence-corrected chi connectivity index (χ2v) is 8.09. The number of aromatic nitrogens is 4. The molecule has 0 bridgehead atoms. The number of thiophene rings is 1. The van der Waals surface area contributed by atoms with Crippen molar-refractivity contribution in [1.82, 2.24) is 24.9 Å². The van der Waals surface area contributed by atoms with Crippen LogP contribution in [0.3, 0.4) is 0 Å². The van der Waals surface area contributed by atoms with Crippen LogP contribution in [0, 0.1) is 5.92 Å². The lowest BCUT2D eigenvalue weighted by molar-refractivity contribution is -0.124. The quantitative estimate of drug-likeness (QED) is 0.539. The van der Waals surface area contributed by atoms with Crippen molar-refractivity contribution in [2.24, 2.45) is 5.92 Å². The van der Waals surface area contributed by atoms with Crippen molar-refractivity contribution in [3.63, 3.8) is 0 Å². The molecule has 0 radical (unpaired) electrons. The number of fused-ring (bicyclic) bond motifs is 4. The number of hydrogen-bond acceptors (Lipinski definition) is 7. The third-order valence-electron chi connectivity index (χ3n) is 5.45. The van der Waals surface area contributed by atoms with Gasteiger partial charge in [0.15, 0.2) is 5.75 Å². The molecule has 1 aliphatic rings. The van der Waals surface area contributed by atoms with E-state index in [1.54, 1.807) is 42.5 Å². The molecule has 1 amide bonds. The molecular formula is C20H20N6O2S. The minimum atomic E-state index is 0.0225. The number of methoxy groups -OCH3 is 1. The van der Waals surface area contributed by atoms with Gasteiger partial charge in [0.25, 0.3) is 0 Å². The van der Waals surface area contributed by atoms with Crippen molar-refractivity contribution in [3.05, 3.63) is 41.3 Å². The second kappa shape index (κ2) is 7.00. The molecule has 4 aromatic rings. The van der Waals surface area contributed by atoms with E-state index in [2.05, 4.69) is 25.7 Å². The van der Waals surface area contributed by atoms with Crippen molar-refractivity contribution in [2.75, 3.05) is 19.5 Å². The van der Waals surface area contributed by atoms with Gasteiger partial charge in [-0.3, -0.25) is 4.79 Å². The number of hydrogen-bond donors (Lipinski definition) is 2. The van der Waals surface area contributed by atoms with E-state index < -0.39 is 0 Å². The first-order chi connectivity index (χ1) is 14.2. The molecule has 148 valence electrons. The normalized spacial score (nSPS) is 16.0. The maximum Gasteiger partial charge on any atom is 0.223 e. The predicted octanol–water partition coefficient (Wildman–Crippen LogP) is 2.94. The molecule has 0 spiro atoms. The van der Waals surface area contributed by atoms with Crippen LogP contribution >= 0.6 is 11.3 Å². The Hall–Kier alpha value is -3.20. The van der Waals surface area contributed by atoms with E-state index in [9.17, 15) is 4.79 Å². The SMILES string of the molecule is CNC(=O)[C@H]1CCc2c(sc3ncnc(Nc4ccn5nccc5c4OC)c23)C1. The molecule has 29 heavy (non-hydrogen) atoms. The van der Waals surface area contributed by atoms with Crippen LogP contribution in [-0.2, 0) is 17.6 Å². The molecular weight excluding hydrogens is 388 g/mol. The Kier molecular flexibility index (Phi) is 4.31. The summed E-state index contributed by atoms with van der Waals surface area (Å²) in [6, 6.07) is 3.83. The molecule has 0 unspecified atom stereocenters. The summed E-state index contributed by atoms with van der Waals surface area (Å²) in [5.74, 6) is 1.60. The molecule has 0 saturated heterocycles. The van der Waals surface area contributed by atoms with Gasteiger partial charge in [0, 0.05) is 24.0 Å². The standard InChI is InChI=1S/C20H20N6O2S/c1-21-19(27)11-3-4-12-15(9-11)29-20-16(12)18(22-10-23-20)25-13-6-8-26-14(5-7-24-26)17(13)28-2/h5-8,10-11H,3-4,9H2,1-2H3,(H,21,27)(H,22,23,25)/t11-/m0/s1.